The van der Waals surface area contributed by atoms with Crippen molar-refractivity contribution in [2.45, 2.75) is 37.4 Å². The number of fused-ring (bicyclic) bond motifs is 4. The summed E-state index contributed by atoms with van der Waals surface area (Å²) in [6.45, 7) is 2.92. The molecular weight excluding hydrogens is 298 g/mol. The average molecular weight is 317 g/mol. The van der Waals surface area contributed by atoms with Crippen LogP contribution in [0.5, 0.6) is 0 Å². The second kappa shape index (κ2) is 5.40. The number of likely N-dealkylation sites (tertiary alicyclic amines) is 1. The van der Waals surface area contributed by atoms with Crippen molar-refractivity contribution >= 4 is 11.7 Å². The Bertz CT molecular complexity index is 633. The second-order valence-corrected chi connectivity index (χ2v) is 6.39. The highest BCUT2D eigenvalue weighted by Crippen LogP contribution is 2.38. The molecule has 122 valence electrons. The number of β-lactam (4-membered cyclic amide) rings is 1. The molecule has 6 nitrogen and oxygen atoms in total. The molecule has 1 amide bonds. The van der Waals surface area contributed by atoms with Crippen molar-refractivity contribution < 1.29 is 23.8 Å². The summed E-state index contributed by atoms with van der Waals surface area (Å²) in [4.78, 5) is 26.2. The van der Waals surface area contributed by atoms with Crippen LogP contribution in [-0.4, -0.2) is 60.4 Å². The van der Waals surface area contributed by atoms with E-state index in [1.807, 2.05) is 25.1 Å². The molecule has 0 aliphatic carbocycles. The molecule has 0 saturated carbocycles. The number of carbonyl (C=O) groups excluding carboxylic acids is 2. The van der Waals surface area contributed by atoms with E-state index in [0.717, 1.165) is 0 Å². The van der Waals surface area contributed by atoms with E-state index in [-0.39, 0.29) is 30.4 Å². The van der Waals surface area contributed by atoms with Gasteiger partial charge in [-0.15, -0.1) is 0 Å². The first kappa shape index (κ1) is 14.8. The molecule has 3 aliphatic heterocycles. The van der Waals surface area contributed by atoms with Crippen LogP contribution in [0, 0.1) is 0 Å². The normalized spacial score (nSPS) is 35.4. The van der Waals surface area contributed by atoms with Gasteiger partial charge in [0.05, 0.1) is 12.6 Å². The molecule has 6 heteroatoms. The largest absolute Gasteiger partial charge is 0.360 e. The van der Waals surface area contributed by atoms with Crippen molar-refractivity contribution in [2.75, 3.05) is 19.8 Å². The summed E-state index contributed by atoms with van der Waals surface area (Å²) < 4.78 is 17.2. The van der Waals surface area contributed by atoms with E-state index in [0.29, 0.717) is 25.1 Å². The molecule has 23 heavy (non-hydrogen) atoms. The predicted molar refractivity (Wildman–Crippen MR) is 79.9 cm³/mol. The smallest absolute Gasteiger partial charge is 0.254 e. The van der Waals surface area contributed by atoms with Gasteiger partial charge in [-0.2, -0.15) is 0 Å². The van der Waals surface area contributed by atoms with Gasteiger partial charge in [-0.25, -0.2) is 0 Å². The van der Waals surface area contributed by atoms with Gasteiger partial charge in [0.25, 0.3) is 5.91 Å². The summed E-state index contributed by atoms with van der Waals surface area (Å²) in [5.41, 5.74) is 0.669. The minimum absolute atomic E-state index is 0.0322. The third-order valence-corrected chi connectivity index (χ3v) is 4.73. The van der Waals surface area contributed by atoms with E-state index in [2.05, 4.69) is 0 Å². The SMILES string of the molecule is C[C@@]12CO[C@H]3C(=O)N(CCC(=O)c4ccccc4)[C@H]3[C@@H](CO1)O2. The van der Waals surface area contributed by atoms with Gasteiger partial charge in [0.1, 0.15) is 12.7 Å². The fourth-order valence-corrected chi connectivity index (χ4v) is 3.48. The number of amides is 1. The van der Waals surface area contributed by atoms with E-state index in [4.69, 9.17) is 14.2 Å². The summed E-state index contributed by atoms with van der Waals surface area (Å²) in [6, 6.07) is 8.96. The number of carbonyl (C=O) groups is 2. The molecule has 0 aromatic heterocycles. The Balaban J connectivity index is 1.42. The van der Waals surface area contributed by atoms with Crippen LogP contribution in [0.15, 0.2) is 30.3 Å². The van der Waals surface area contributed by atoms with Gasteiger partial charge in [-0.1, -0.05) is 30.3 Å². The minimum atomic E-state index is -0.756. The monoisotopic (exact) mass is 317 g/mol. The van der Waals surface area contributed by atoms with Crippen molar-refractivity contribution in [1.82, 2.24) is 4.90 Å². The Kier molecular flexibility index (Phi) is 3.48. The molecule has 1 aromatic carbocycles. The van der Waals surface area contributed by atoms with Crippen molar-refractivity contribution in [2.24, 2.45) is 0 Å². The van der Waals surface area contributed by atoms with Crippen LogP contribution in [0.2, 0.25) is 0 Å². The molecule has 0 unspecified atom stereocenters. The fraction of sp³-hybridized carbons (Fsp3) is 0.529. The Morgan fingerprint density at radius 2 is 2.13 bits per heavy atom. The Labute approximate surface area is 134 Å². The standard InChI is InChI=1S/C17H19NO5/c1-17-10-21-15-14(13(23-17)9-22-17)18(16(15)20)8-7-12(19)11-5-3-2-4-6-11/h2-6,13-15H,7-10H2,1H3/t13-,14+,15-,17-/m1/s1. The molecular formula is C17H19NO5. The molecule has 4 rings (SSSR count). The number of hydrogen-bond donors (Lipinski definition) is 0. The summed E-state index contributed by atoms with van der Waals surface area (Å²) in [5.74, 6) is -0.784. The molecule has 3 fully saturated rings. The first-order valence-corrected chi connectivity index (χ1v) is 7.89. The summed E-state index contributed by atoms with van der Waals surface area (Å²) in [7, 11) is 0. The number of benzene rings is 1. The number of rotatable bonds is 4. The first-order chi connectivity index (χ1) is 11.1. The van der Waals surface area contributed by atoms with E-state index >= 15 is 0 Å². The quantitative estimate of drug-likeness (QED) is 0.612. The summed E-state index contributed by atoms with van der Waals surface area (Å²) in [5, 5.41) is 0. The van der Waals surface area contributed by atoms with Gasteiger partial charge in [-0.3, -0.25) is 9.59 Å². The molecule has 3 heterocycles. The van der Waals surface area contributed by atoms with Gasteiger partial charge in [0.15, 0.2) is 17.7 Å². The maximum Gasteiger partial charge on any atom is 0.254 e. The Hall–Kier alpha value is -1.76. The second-order valence-electron chi connectivity index (χ2n) is 6.39. The van der Waals surface area contributed by atoms with Gasteiger partial charge in [0, 0.05) is 18.5 Å². The maximum atomic E-state index is 12.3. The third kappa shape index (κ3) is 2.47. The zero-order valence-corrected chi connectivity index (χ0v) is 12.9. The Morgan fingerprint density at radius 3 is 2.91 bits per heavy atom. The molecule has 2 bridgehead atoms. The number of ketones is 1. The lowest BCUT2D eigenvalue weighted by atomic mass is 9.92. The van der Waals surface area contributed by atoms with Gasteiger partial charge in [-0.05, 0) is 6.92 Å². The van der Waals surface area contributed by atoms with Crippen molar-refractivity contribution in [3.05, 3.63) is 35.9 Å². The van der Waals surface area contributed by atoms with Gasteiger partial charge in [0.2, 0.25) is 0 Å². The predicted octanol–water partition coefficient (Wildman–Crippen LogP) is 1.00. The van der Waals surface area contributed by atoms with Crippen molar-refractivity contribution in [3.8, 4) is 0 Å². The topological polar surface area (TPSA) is 65.1 Å². The van der Waals surface area contributed by atoms with Crippen LogP contribution >= 0.6 is 0 Å². The highest BCUT2D eigenvalue weighted by atomic mass is 16.8. The summed E-state index contributed by atoms with van der Waals surface area (Å²) in [6.07, 6.45) is -0.348. The maximum absolute atomic E-state index is 12.3. The highest BCUT2D eigenvalue weighted by molar-refractivity contribution is 5.96. The van der Waals surface area contributed by atoms with Crippen LogP contribution in [-0.2, 0) is 19.0 Å². The summed E-state index contributed by atoms with van der Waals surface area (Å²) >= 11 is 0. The van der Waals surface area contributed by atoms with Crippen molar-refractivity contribution in [1.29, 1.82) is 0 Å². The molecule has 3 aliphatic rings. The molecule has 3 saturated heterocycles. The van der Waals surface area contributed by atoms with Crippen molar-refractivity contribution in [3.63, 3.8) is 0 Å². The molecule has 4 atom stereocenters. The zero-order valence-electron chi connectivity index (χ0n) is 12.9. The lowest BCUT2D eigenvalue weighted by Crippen LogP contribution is -2.70. The van der Waals surface area contributed by atoms with E-state index in [1.54, 1.807) is 17.0 Å². The van der Waals surface area contributed by atoms with Gasteiger partial charge < -0.3 is 19.1 Å². The molecule has 0 radical (unpaired) electrons. The molecule has 0 spiro atoms. The van der Waals surface area contributed by atoms with E-state index < -0.39 is 11.9 Å². The van der Waals surface area contributed by atoms with Gasteiger partial charge >= 0.3 is 0 Å². The number of hydrogen-bond acceptors (Lipinski definition) is 5. The molecule has 1 aromatic rings. The van der Waals surface area contributed by atoms with Crippen LogP contribution < -0.4 is 0 Å². The highest BCUT2D eigenvalue weighted by Gasteiger charge is 2.59. The lowest BCUT2D eigenvalue weighted by Gasteiger charge is -2.47. The van der Waals surface area contributed by atoms with E-state index in [1.165, 1.54) is 0 Å². The molecule has 0 N–H and O–H groups in total. The van der Waals surface area contributed by atoms with Crippen LogP contribution in [0.3, 0.4) is 0 Å². The number of Topliss-reactive ketones (excluding diaryl/α,β-unsaturated/α-hetero) is 1. The zero-order chi connectivity index (χ0) is 16.0. The lowest BCUT2D eigenvalue weighted by molar-refractivity contribution is -0.191. The third-order valence-electron chi connectivity index (χ3n) is 4.73. The van der Waals surface area contributed by atoms with Crippen LogP contribution in [0.25, 0.3) is 0 Å². The Morgan fingerprint density at radius 1 is 1.35 bits per heavy atom. The first-order valence-electron chi connectivity index (χ1n) is 7.89. The number of ether oxygens (including phenoxy) is 3. The number of nitrogens with zero attached hydrogens (tertiary/aromatic N) is 1. The minimum Gasteiger partial charge on any atom is -0.360 e. The van der Waals surface area contributed by atoms with E-state index in [9.17, 15) is 9.59 Å². The van der Waals surface area contributed by atoms with Crippen LogP contribution in [0.1, 0.15) is 23.7 Å². The average Bonchev–Trinajstić information content (AvgIpc) is 2.87. The van der Waals surface area contributed by atoms with Crippen LogP contribution in [0.4, 0.5) is 0 Å². The fourth-order valence-electron chi connectivity index (χ4n) is 3.48.